The highest BCUT2D eigenvalue weighted by atomic mass is 16.6. The Morgan fingerprint density at radius 1 is 1.31 bits per heavy atom. The maximum Gasteiger partial charge on any atom is 0.414 e. The first-order chi connectivity index (χ1) is 7.68. The second kappa shape index (κ2) is 4.35. The number of anilines is 1. The van der Waals surface area contributed by atoms with E-state index >= 15 is 0 Å². The van der Waals surface area contributed by atoms with Crippen LogP contribution in [0.25, 0.3) is 0 Å². The average Bonchev–Trinajstić information content (AvgIpc) is 2.30. The van der Waals surface area contributed by atoms with E-state index in [1.165, 1.54) is 6.92 Å². The molecule has 0 unspecified atom stereocenters. The van der Waals surface area contributed by atoms with Crippen LogP contribution in [0.15, 0.2) is 24.3 Å². The quantitative estimate of drug-likeness (QED) is 0.716. The summed E-state index contributed by atoms with van der Waals surface area (Å²) >= 11 is 0. The first-order valence-electron chi connectivity index (χ1n) is 5.24. The number of ketones is 1. The predicted molar refractivity (Wildman–Crippen MR) is 59.8 cm³/mol. The molecule has 2 rings (SSSR count). The molecule has 0 N–H and O–H groups in total. The van der Waals surface area contributed by atoms with Crippen LogP contribution in [0.2, 0.25) is 0 Å². The summed E-state index contributed by atoms with van der Waals surface area (Å²) in [5, 5.41) is 0. The van der Waals surface area contributed by atoms with Gasteiger partial charge in [0, 0.05) is 17.8 Å². The second-order valence-corrected chi connectivity index (χ2v) is 3.72. The highest BCUT2D eigenvalue weighted by Gasteiger charge is 2.20. The number of amides is 1. The Balaban J connectivity index is 2.20. The molecule has 1 amide bonds. The Kier molecular flexibility index (Phi) is 2.90. The zero-order valence-corrected chi connectivity index (χ0v) is 9.10. The standard InChI is InChI=1S/C12H13NO3/c1-9(14)10-3-5-11(6-4-10)13-7-2-8-16-12(13)15/h3-6H,2,7-8H2,1H3. The van der Waals surface area contributed by atoms with Gasteiger partial charge in [0.15, 0.2) is 5.78 Å². The Hall–Kier alpha value is -1.84. The number of carbonyl (C=O) groups excluding carboxylic acids is 2. The monoisotopic (exact) mass is 219 g/mol. The largest absolute Gasteiger partial charge is 0.449 e. The van der Waals surface area contributed by atoms with Crippen molar-refractivity contribution >= 4 is 17.6 Å². The molecule has 0 atom stereocenters. The third-order valence-corrected chi connectivity index (χ3v) is 2.56. The summed E-state index contributed by atoms with van der Waals surface area (Å²) in [6.07, 6.45) is 0.516. The van der Waals surface area contributed by atoms with E-state index in [0.717, 1.165) is 12.1 Å². The number of benzene rings is 1. The molecule has 0 aliphatic carbocycles. The summed E-state index contributed by atoms with van der Waals surface area (Å²) in [6.45, 7) is 2.67. The van der Waals surface area contributed by atoms with Crippen molar-refractivity contribution in [2.24, 2.45) is 0 Å². The van der Waals surface area contributed by atoms with Crippen LogP contribution in [0.5, 0.6) is 0 Å². The zero-order valence-electron chi connectivity index (χ0n) is 9.10. The Labute approximate surface area is 93.8 Å². The van der Waals surface area contributed by atoms with Crippen LogP contribution in [0.4, 0.5) is 10.5 Å². The lowest BCUT2D eigenvalue weighted by Crippen LogP contribution is -2.37. The van der Waals surface area contributed by atoms with Crippen molar-refractivity contribution in [2.75, 3.05) is 18.1 Å². The maximum atomic E-state index is 11.5. The summed E-state index contributed by atoms with van der Waals surface area (Å²) < 4.78 is 4.94. The molecular weight excluding hydrogens is 206 g/mol. The number of carbonyl (C=O) groups is 2. The van der Waals surface area contributed by atoms with Crippen LogP contribution < -0.4 is 4.90 Å². The minimum Gasteiger partial charge on any atom is -0.449 e. The number of Topliss-reactive ketones (excluding diaryl/α,β-unsaturated/α-hetero) is 1. The molecule has 0 aromatic heterocycles. The van der Waals surface area contributed by atoms with Crippen molar-refractivity contribution in [2.45, 2.75) is 13.3 Å². The van der Waals surface area contributed by atoms with Crippen LogP contribution in [0.1, 0.15) is 23.7 Å². The van der Waals surface area contributed by atoms with E-state index < -0.39 is 0 Å². The van der Waals surface area contributed by atoms with E-state index in [1.54, 1.807) is 29.2 Å². The number of hydrogen-bond donors (Lipinski definition) is 0. The van der Waals surface area contributed by atoms with Gasteiger partial charge in [-0.3, -0.25) is 9.69 Å². The van der Waals surface area contributed by atoms with Gasteiger partial charge in [0.05, 0.1) is 6.61 Å². The molecule has 1 aromatic rings. The van der Waals surface area contributed by atoms with Gasteiger partial charge in [-0.05, 0) is 37.6 Å². The molecule has 0 saturated carbocycles. The fourth-order valence-electron chi connectivity index (χ4n) is 1.66. The summed E-state index contributed by atoms with van der Waals surface area (Å²) in [6, 6.07) is 6.98. The Bertz CT molecular complexity index is 411. The van der Waals surface area contributed by atoms with E-state index in [1.807, 2.05) is 0 Å². The van der Waals surface area contributed by atoms with Crippen molar-refractivity contribution in [3.8, 4) is 0 Å². The van der Waals surface area contributed by atoms with Crippen molar-refractivity contribution in [3.63, 3.8) is 0 Å². The average molecular weight is 219 g/mol. The van der Waals surface area contributed by atoms with Crippen LogP contribution in [-0.2, 0) is 4.74 Å². The van der Waals surface area contributed by atoms with Gasteiger partial charge < -0.3 is 4.74 Å². The van der Waals surface area contributed by atoms with Crippen molar-refractivity contribution in [3.05, 3.63) is 29.8 Å². The van der Waals surface area contributed by atoms with Crippen molar-refractivity contribution < 1.29 is 14.3 Å². The molecule has 1 aliphatic heterocycles. The molecule has 1 aromatic carbocycles. The minimum atomic E-state index is -0.318. The first kappa shape index (κ1) is 10.7. The van der Waals surface area contributed by atoms with Gasteiger partial charge in [-0.1, -0.05) is 0 Å². The highest BCUT2D eigenvalue weighted by Crippen LogP contribution is 2.19. The molecule has 1 aliphatic rings. The van der Waals surface area contributed by atoms with Gasteiger partial charge in [-0.25, -0.2) is 4.79 Å². The molecule has 0 bridgehead atoms. The molecule has 84 valence electrons. The third-order valence-electron chi connectivity index (χ3n) is 2.56. The number of hydrogen-bond acceptors (Lipinski definition) is 3. The van der Waals surface area contributed by atoms with E-state index in [4.69, 9.17) is 4.74 Å². The molecule has 1 fully saturated rings. The minimum absolute atomic E-state index is 0.0211. The smallest absolute Gasteiger partial charge is 0.414 e. The lowest BCUT2D eigenvalue weighted by Gasteiger charge is -2.26. The lowest BCUT2D eigenvalue weighted by molar-refractivity contribution is 0.101. The van der Waals surface area contributed by atoms with Crippen LogP contribution in [-0.4, -0.2) is 25.0 Å². The van der Waals surface area contributed by atoms with Crippen molar-refractivity contribution in [1.29, 1.82) is 0 Å². The molecule has 4 heteroatoms. The number of cyclic esters (lactones) is 1. The van der Waals surface area contributed by atoms with E-state index in [2.05, 4.69) is 0 Å². The van der Waals surface area contributed by atoms with Crippen molar-refractivity contribution in [1.82, 2.24) is 0 Å². The number of nitrogens with zero attached hydrogens (tertiary/aromatic N) is 1. The molecule has 1 heterocycles. The SMILES string of the molecule is CC(=O)c1ccc(N2CCCOC2=O)cc1. The normalized spacial score (nSPS) is 15.8. The van der Waals surface area contributed by atoms with Gasteiger partial charge in [-0.2, -0.15) is 0 Å². The molecular formula is C12H13NO3. The predicted octanol–water partition coefficient (Wildman–Crippen LogP) is 2.24. The third kappa shape index (κ3) is 2.05. The van der Waals surface area contributed by atoms with Gasteiger partial charge in [0.25, 0.3) is 0 Å². The molecule has 4 nitrogen and oxygen atoms in total. The Morgan fingerprint density at radius 3 is 2.56 bits per heavy atom. The first-order valence-corrected chi connectivity index (χ1v) is 5.24. The summed E-state index contributed by atoms with van der Waals surface area (Å²) in [5.41, 5.74) is 1.42. The lowest BCUT2D eigenvalue weighted by atomic mass is 10.1. The summed E-state index contributed by atoms with van der Waals surface area (Å²) in [5.74, 6) is 0.0211. The number of rotatable bonds is 2. The number of ether oxygens (including phenoxy) is 1. The van der Waals surface area contributed by atoms with Gasteiger partial charge in [0.1, 0.15) is 0 Å². The fraction of sp³-hybridized carbons (Fsp3) is 0.333. The van der Waals surface area contributed by atoms with E-state index in [0.29, 0.717) is 18.7 Å². The van der Waals surface area contributed by atoms with Crippen LogP contribution in [0, 0.1) is 0 Å². The van der Waals surface area contributed by atoms with Gasteiger partial charge in [-0.15, -0.1) is 0 Å². The van der Waals surface area contributed by atoms with Crippen LogP contribution in [0.3, 0.4) is 0 Å². The van der Waals surface area contributed by atoms with E-state index in [9.17, 15) is 9.59 Å². The Morgan fingerprint density at radius 2 is 2.00 bits per heavy atom. The molecule has 1 saturated heterocycles. The molecule has 0 spiro atoms. The molecule has 0 radical (unpaired) electrons. The summed E-state index contributed by atoms with van der Waals surface area (Å²) in [4.78, 5) is 24.1. The fourth-order valence-corrected chi connectivity index (χ4v) is 1.66. The molecule has 16 heavy (non-hydrogen) atoms. The maximum absolute atomic E-state index is 11.5. The van der Waals surface area contributed by atoms with E-state index in [-0.39, 0.29) is 11.9 Å². The summed E-state index contributed by atoms with van der Waals surface area (Å²) in [7, 11) is 0. The topological polar surface area (TPSA) is 46.6 Å². The zero-order chi connectivity index (χ0) is 11.5. The highest BCUT2D eigenvalue weighted by molar-refractivity contribution is 5.95. The second-order valence-electron chi connectivity index (χ2n) is 3.72. The van der Waals surface area contributed by atoms with Crippen LogP contribution >= 0.6 is 0 Å². The van der Waals surface area contributed by atoms with Gasteiger partial charge >= 0.3 is 6.09 Å². The van der Waals surface area contributed by atoms with Gasteiger partial charge in [0.2, 0.25) is 0 Å².